The highest BCUT2D eigenvalue weighted by Gasteiger charge is 2.11. The Balaban J connectivity index is 1.88. The maximum absolute atomic E-state index is 13.2. The summed E-state index contributed by atoms with van der Waals surface area (Å²) in [6.07, 6.45) is 0. The molecule has 6 heteroatoms. The van der Waals surface area contributed by atoms with Gasteiger partial charge in [-0.15, -0.1) is 0 Å². The molecule has 0 fully saturated rings. The molecule has 0 unspecified atom stereocenters. The van der Waals surface area contributed by atoms with Crippen molar-refractivity contribution in [1.29, 1.82) is 0 Å². The first-order chi connectivity index (χ1) is 10.5. The van der Waals surface area contributed by atoms with Crippen molar-refractivity contribution in [3.63, 3.8) is 0 Å². The molecular formula is C16H15ClF2N2O. The summed E-state index contributed by atoms with van der Waals surface area (Å²) < 4.78 is 26.0. The molecule has 0 saturated carbocycles. The first-order valence-electron chi connectivity index (χ1n) is 6.69. The number of halogens is 3. The fourth-order valence-corrected chi connectivity index (χ4v) is 2.02. The molecule has 116 valence electrons. The van der Waals surface area contributed by atoms with Gasteiger partial charge in [-0.3, -0.25) is 0 Å². The molecule has 22 heavy (non-hydrogen) atoms. The van der Waals surface area contributed by atoms with Gasteiger partial charge in [-0.1, -0.05) is 29.8 Å². The molecule has 0 heterocycles. The van der Waals surface area contributed by atoms with E-state index in [0.29, 0.717) is 17.1 Å². The Labute approximate surface area is 132 Å². The zero-order valence-corrected chi connectivity index (χ0v) is 12.6. The Morgan fingerprint density at radius 3 is 2.45 bits per heavy atom. The average molecular weight is 325 g/mol. The summed E-state index contributed by atoms with van der Waals surface area (Å²) in [5, 5.41) is 5.97. The SMILES string of the molecule is C[C@@H](NC(=O)NCc1ccc(Cl)cc1)c1ccc(F)c(F)c1. The average Bonchev–Trinajstić information content (AvgIpc) is 2.49. The molecule has 0 saturated heterocycles. The van der Waals surface area contributed by atoms with Crippen LogP contribution in [0.15, 0.2) is 42.5 Å². The second-order valence-corrected chi connectivity index (χ2v) is 5.29. The first-order valence-corrected chi connectivity index (χ1v) is 7.07. The van der Waals surface area contributed by atoms with Crippen molar-refractivity contribution in [3.05, 3.63) is 70.2 Å². The zero-order chi connectivity index (χ0) is 16.1. The lowest BCUT2D eigenvalue weighted by atomic mass is 10.1. The van der Waals surface area contributed by atoms with Crippen LogP contribution in [-0.2, 0) is 6.54 Å². The van der Waals surface area contributed by atoms with E-state index in [1.54, 1.807) is 31.2 Å². The van der Waals surface area contributed by atoms with E-state index in [-0.39, 0.29) is 0 Å². The fraction of sp³-hybridized carbons (Fsp3) is 0.188. The number of rotatable bonds is 4. The maximum Gasteiger partial charge on any atom is 0.315 e. The van der Waals surface area contributed by atoms with Crippen LogP contribution in [0.2, 0.25) is 5.02 Å². The lowest BCUT2D eigenvalue weighted by Gasteiger charge is -2.15. The number of carbonyl (C=O) groups excluding carboxylic acids is 1. The highest BCUT2D eigenvalue weighted by atomic mass is 35.5. The first kappa shape index (κ1) is 16.2. The van der Waals surface area contributed by atoms with Gasteiger partial charge in [0.25, 0.3) is 0 Å². The predicted octanol–water partition coefficient (Wildman–Crippen LogP) is 4.18. The van der Waals surface area contributed by atoms with Crippen molar-refractivity contribution in [2.45, 2.75) is 19.5 Å². The minimum Gasteiger partial charge on any atom is -0.334 e. The Bertz CT molecular complexity index is 662. The molecular weight excluding hydrogens is 310 g/mol. The number of amides is 2. The van der Waals surface area contributed by atoms with Crippen LogP contribution in [0.3, 0.4) is 0 Å². The summed E-state index contributed by atoms with van der Waals surface area (Å²) >= 11 is 5.78. The molecule has 2 N–H and O–H groups in total. The van der Waals surface area contributed by atoms with Crippen LogP contribution in [-0.4, -0.2) is 6.03 Å². The molecule has 2 rings (SSSR count). The zero-order valence-electron chi connectivity index (χ0n) is 11.9. The fourth-order valence-electron chi connectivity index (χ4n) is 1.90. The third-order valence-electron chi connectivity index (χ3n) is 3.16. The van der Waals surface area contributed by atoms with Gasteiger partial charge in [0.2, 0.25) is 0 Å². The largest absolute Gasteiger partial charge is 0.334 e. The van der Waals surface area contributed by atoms with E-state index < -0.39 is 23.7 Å². The number of carbonyl (C=O) groups is 1. The van der Waals surface area contributed by atoms with Crippen molar-refractivity contribution in [1.82, 2.24) is 10.6 Å². The van der Waals surface area contributed by atoms with Crippen molar-refractivity contribution >= 4 is 17.6 Å². The van der Waals surface area contributed by atoms with Crippen molar-refractivity contribution < 1.29 is 13.6 Å². The molecule has 0 aromatic heterocycles. The Kier molecular flexibility index (Phi) is 5.33. The van der Waals surface area contributed by atoms with E-state index in [1.165, 1.54) is 6.07 Å². The van der Waals surface area contributed by atoms with Crippen LogP contribution in [0.1, 0.15) is 24.1 Å². The monoisotopic (exact) mass is 324 g/mol. The quantitative estimate of drug-likeness (QED) is 0.870. The Morgan fingerprint density at radius 2 is 1.82 bits per heavy atom. The highest BCUT2D eigenvalue weighted by Crippen LogP contribution is 2.15. The topological polar surface area (TPSA) is 41.1 Å². The summed E-state index contributed by atoms with van der Waals surface area (Å²) in [5.41, 5.74) is 1.39. The molecule has 3 nitrogen and oxygen atoms in total. The second kappa shape index (κ2) is 7.22. The number of nitrogens with one attached hydrogen (secondary N) is 2. The van der Waals surface area contributed by atoms with Crippen LogP contribution < -0.4 is 10.6 Å². The molecule has 0 aliphatic carbocycles. The molecule has 0 aliphatic rings. The highest BCUT2D eigenvalue weighted by molar-refractivity contribution is 6.30. The van der Waals surface area contributed by atoms with E-state index >= 15 is 0 Å². The third-order valence-corrected chi connectivity index (χ3v) is 3.41. The summed E-state index contributed by atoms with van der Waals surface area (Å²) in [5.74, 6) is -1.85. The number of hydrogen-bond donors (Lipinski definition) is 2. The summed E-state index contributed by atoms with van der Waals surface area (Å²) in [7, 11) is 0. The van der Waals surface area contributed by atoms with Crippen LogP contribution in [0, 0.1) is 11.6 Å². The molecule has 0 spiro atoms. The van der Waals surface area contributed by atoms with Crippen LogP contribution in [0.25, 0.3) is 0 Å². The summed E-state index contributed by atoms with van der Waals surface area (Å²) in [4.78, 5) is 11.8. The maximum atomic E-state index is 13.2. The van der Waals surface area contributed by atoms with E-state index in [1.807, 2.05) is 0 Å². The minimum absolute atomic E-state index is 0.341. The normalized spacial score (nSPS) is 11.8. The number of hydrogen-bond acceptors (Lipinski definition) is 1. The van der Waals surface area contributed by atoms with Crippen LogP contribution >= 0.6 is 11.6 Å². The van der Waals surface area contributed by atoms with Gasteiger partial charge in [0.05, 0.1) is 6.04 Å². The second-order valence-electron chi connectivity index (χ2n) is 4.85. The van der Waals surface area contributed by atoms with Gasteiger partial charge < -0.3 is 10.6 Å². The van der Waals surface area contributed by atoms with Gasteiger partial charge in [0.1, 0.15) is 0 Å². The molecule has 2 amide bonds. The third kappa shape index (κ3) is 4.43. The standard InChI is InChI=1S/C16H15ClF2N2O/c1-10(12-4-7-14(18)15(19)8-12)21-16(22)20-9-11-2-5-13(17)6-3-11/h2-8,10H,9H2,1H3,(H2,20,21,22)/t10-/m1/s1. The summed E-state index contributed by atoms with van der Waals surface area (Å²) in [6.45, 7) is 2.03. The number of urea groups is 1. The minimum atomic E-state index is -0.937. The predicted molar refractivity (Wildman–Crippen MR) is 81.6 cm³/mol. The molecule has 0 aliphatic heterocycles. The smallest absolute Gasteiger partial charge is 0.315 e. The summed E-state index contributed by atoms with van der Waals surface area (Å²) in [6, 6.07) is 9.78. The van der Waals surface area contributed by atoms with Gasteiger partial charge in [0, 0.05) is 11.6 Å². The van der Waals surface area contributed by atoms with Crippen molar-refractivity contribution in [2.24, 2.45) is 0 Å². The Morgan fingerprint density at radius 1 is 1.14 bits per heavy atom. The molecule has 1 atom stereocenters. The number of benzene rings is 2. The van der Waals surface area contributed by atoms with E-state index in [0.717, 1.165) is 17.7 Å². The van der Waals surface area contributed by atoms with Gasteiger partial charge in [0.15, 0.2) is 11.6 Å². The van der Waals surface area contributed by atoms with Gasteiger partial charge in [-0.05, 0) is 42.3 Å². The molecule has 2 aromatic carbocycles. The van der Waals surface area contributed by atoms with Crippen LogP contribution in [0.5, 0.6) is 0 Å². The Hall–Kier alpha value is -2.14. The van der Waals surface area contributed by atoms with E-state index in [2.05, 4.69) is 10.6 Å². The van der Waals surface area contributed by atoms with Crippen LogP contribution in [0.4, 0.5) is 13.6 Å². The molecule has 0 bridgehead atoms. The van der Waals surface area contributed by atoms with Crippen molar-refractivity contribution in [3.8, 4) is 0 Å². The lowest BCUT2D eigenvalue weighted by Crippen LogP contribution is -2.36. The molecule has 2 aromatic rings. The van der Waals surface area contributed by atoms with E-state index in [4.69, 9.17) is 11.6 Å². The van der Waals surface area contributed by atoms with Gasteiger partial charge in [-0.25, -0.2) is 13.6 Å². The van der Waals surface area contributed by atoms with Gasteiger partial charge in [-0.2, -0.15) is 0 Å². The van der Waals surface area contributed by atoms with Crippen molar-refractivity contribution in [2.75, 3.05) is 0 Å². The van der Waals surface area contributed by atoms with E-state index in [9.17, 15) is 13.6 Å². The lowest BCUT2D eigenvalue weighted by molar-refractivity contribution is 0.237. The molecule has 0 radical (unpaired) electrons. The van der Waals surface area contributed by atoms with Gasteiger partial charge >= 0.3 is 6.03 Å².